The summed E-state index contributed by atoms with van der Waals surface area (Å²) >= 11 is 0. The lowest BCUT2D eigenvalue weighted by molar-refractivity contribution is 0.0918. The van der Waals surface area contributed by atoms with Gasteiger partial charge in [0, 0.05) is 12.1 Å². The summed E-state index contributed by atoms with van der Waals surface area (Å²) in [5.41, 5.74) is 6.38. The van der Waals surface area contributed by atoms with Crippen molar-refractivity contribution in [3.8, 4) is 11.5 Å². The predicted molar refractivity (Wildman–Crippen MR) is 97.2 cm³/mol. The molecule has 4 N–H and O–H groups in total. The average Bonchev–Trinajstić information content (AvgIpc) is 3.30. The molecular formula is C18H20N6O3. The van der Waals surface area contributed by atoms with Crippen molar-refractivity contribution in [3.05, 3.63) is 42.2 Å². The van der Waals surface area contributed by atoms with Gasteiger partial charge in [0.2, 0.25) is 0 Å². The summed E-state index contributed by atoms with van der Waals surface area (Å²) in [6.45, 7) is 2.94. The number of rotatable bonds is 4. The van der Waals surface area contributed by atoms with E-state index >= 15 is 0 Å². The first kappa shape index (κ1) is 17.2. The number of carbonyl (C=O) groups is 2. The topological polar surface area (TPSA) is 128 Å². The number of amides is 2. The second-order valence-electron chi connectivity index (χ2n) is 6.70. The van der Waals surface area contributed by atoms with Crippen LogP contribution in [0.1, 0.15) is 40.7 Å². The summed E-state index contributed by atoms with van der Waals surface area (Å²) < 4.78 is 6.87. The fraction of sp³-hybridized carbons (Fsp3) is 0.333. The molecule has 9 heteroatoms. The Labute approximate surface area is 155 Å². The molecule has 3 aromatic heterocycles. The molecule has 3 aromatic rings. The summed E-state index contributed by atoms with van der Waals surface area (Å²) in [5, 5.41) is 6.42. The average molecular weight is 368 g/mol. The quantitative estimate of drug-likeness (QED) is 0.629. The van der Waals surface area contributed by atoms with Crippen LogP contribution >= 0.6 is 0 Å². The van der Waals surface area contributed by atoms with Crippen molar-refractivity contribution < 1.29 is 14.0 Å². The zero-order valence-electron chi connectivity index (χ0n) is 14.8. The first-order chi connectivity index (χ1) is 13.0. The third-order valence-electron chi connectivity index (χ3n) is 4.70. The van der Waals surface area contributed by atoms with Crippen LogP contribution in [0.5, 0.6) is 0 Å². The molecule has 0 bridgehead atoms. The van der Waals surface area contributed by atoms with Gasteiger partial charge in [0.15, 0.2) is 17.1 Å². The molecule has 1 saturated heterocycles. The SMILES string of the molecule is CC1CC(NC(=O)c2cc(-c3ccco3)nc3c(C(N)=O)ncn23)CCN1. The maximum atomic E-state index is 13.0. The van der Waals surface area contributed by atoms with Gasteiger partial charge in [0.1, 0.15) is 17.7 Å². The van der Waals surface area contributed by atoms with Crippen LogP contribution in [0, 0.1) is 0 Å². The Morgan fingerprint density at radius 2 is 2.30 bits per heavy atom. The molecule has 0 saturated carbocycles. The van der Waals surface area contributed by atoms with E-state index < -0.39 is 5.91 Å². The smallest absolute Gasteiger partial charge is 0.271 e. The molecule has 0 spiro atoms. The van der Waals surface area contributed by atoms with E-state index in [4.69, 9.17) is 10.2 Å². The van der Waals surface area contributed by atoms with Crippen LogP contribution in [-0.2, 0) is 0 Å². The molecule has 2 atom stereocenters. The first-order valence-electron chi connectivity index (χ1n) is 8.79. The highest BCUT2D eigenvalue weighted by Crippen LogP contribution is 2.22. The highest BCUT2D eigenvalue weighted by atomic mass is 16.3. The minimum absolute atomic E-state index is 0.00736. The number of hydrogen-bond acceptors (Lipinski definition) is 6. The molecule has 0 aliphatic carbocycles. The third-order valence-corrected chi connectivity index (χ3v) is 4.70. The fourth-order valence-electron chi connectivity index (χ4n) is 3.39. The van der Waals surface area contributed by atoms with Crippen molar-refractivity contribution >= 4 is 17.5 Å². The van der Waals surface area contributed by atoms with Gasteiger partial charge in [-0.1, -0.05) is 0 Å². The predicted octanol–water partition coefficient (Wildman–Crippen LogP) is 0.958. The van der Waals surface area contributed by atoms with Crippen LogP contribution in [0.25, 0.3) is 17.1 Å². The number of imidazole rings is 1. The molecule has 9 nitrogen and oxygen atoms in total. The van der Waals surface area contributed by atoms with Crippen molar-refractivity contribution in [2.75, 3.05) is 6.54 Å². The Kier molecular flexibility index (Phi) is 4.36. The molecule has 2 amide bonds. The van der Waals surface area contributed by atoms with Gasteiger partial charge in [-0.2, -0.15) is 0 Å². The van der Waals surface area contributed by atoms with Crippen molar-refractivity contribution in [2.45, 2.75) is 31.8 Å². The molecule has 0 aromatic carbocycles. The largest absolute Gasteiger partial charge is 0.463 e. The molecular weight excluding hydrogens is 348 g/mol. The van der Waals surface area contributed by atoms with Gasteiger partial charge >= 0.3 is 0 Å². The van der Waals surface area contributed by atoms with Crippen LogP contribution in [-0.4, -0.2) is 44.8 Å². The van der Waals surface area contributed by atoms with Gasteiger partial charge in [0.25, 0.3) is 11.8 Å². The van der Waals surface area contributed by atoms with Gasteiger partial charge in [0.05, 0.1) is 6.26 Å². The van der Waals surface area contributed by atoms with E-state index in [9.17, 15) is 9.59 Å². The van der Waals surface area contributed by atoms with E-state index in [1.807, 2.05) is 0 Å². The van der Waals surface area contributed by atoms with Crippen LogP contribution in [0.2, 0.25) is 0 Å². The Morgan fingerprint density at radius 1 is 1.44 bits per heavy atom. The van der Waals surface area contributed by atoms with Crippen molar-refractivity contribution in [1.29, 1.82) is 0 Å². The van der Waals surface area contributed by atoms with Gasteiger partial charge in [-0.15, -0.1) is 0 Å². The van der Waals surface area contributed by atoms with E-state index in [2.05, 4.69) is 27.5 Å². The number of hydrogen-bond donors (Lipinski definition) is 3. The molecule has 1 aliphatic heterocycles. The van der Waals surface area contributed by atoms with E-state index in [0.717, 1.165) is 19.4 Å². The van der Waals surface area contributed by atoms with Gasteiger partial charge < -0.3 is 20.8 Å². The standard InChI is InChI=1S/C18H20N6O3/c1-10-7-11(4-5-20-10)22-18(26)13-8-12(14-3-2-6-27-14)23-17-15(16(19)25)21-9-24(13)17/h2-3,6,8-11,20H,4-5,7H2,1H3,(H2,19,25)(H,22,26). The summed E-state index contributed by atoms with van der Waals surface area (Å²) in [7, 11) is 0. The normalized spacial score (nSPS) is 19.9. The van der Waals surface area contributed by atoms with E-state index in [-0.39, 0.29) is 23.3 Å². The summed E-state index contributed by atoms with van der Waals surface area (Å²) in [6.07, 6.45) is 4.60. The van der Waals surface area contributed by atoms with Crippen molar-refractivity contribution in [1.82, 2.24) is 25.0 Å². The van der Waals surface area contributed by atoms with Crippen LogP contribution in [0.4, 0.5) is 0 Å². The van der Waals surface area contributed by atoms with Crippen molar-refractivity contribution in [3.63, 3.8) is 0 Å². The van der Waals surface area contributed by atoms with Crippen LogP contribution in [0.3, 0.4) is 0 Å². The number of nitrogens with two attached hydrogens (primary N) is 1. The second kappa shape index (κ2) is 6.84. The van der Waals surface area contributed by atoms with E-state index in [0.29, 0.717) is 23.2 Å². The second-order valence-corrected chi connectivity index (χ2v) is 6.70. The first-order valence-corrected chi connectivity index (χ1v) is 8.79. The van der Waals surface area contributed by atoms with Crippen LogP contribution in [0.15, 0.2) is 35.2 Å². The van der Waals surface area contributed by atoms with E-state index in [1.54, 1.807) is 18.2 Å². The number of primary amides is 1. The molecule has 1 aliphatic rings. The Hall–Kier alpha value is -3.20. The van der Waals surface area contributed by atoms with Gasteiger partial charge in [-0.05, 0) is 44.5 Å². The maximum absolute atomic E-state index is 13.0. The lowest BCUT2D eigenvalue weighted by Gasteiger charge is -2.28. The minimum atomic E-state index is -0.708. The lowest BCUT2D eigenvalue weighted by Crippen LogP contribution is -2.46. The van der Waals surface area contributed by atoms with Gasteiger partial charge in [-0.25, -0.2) is 9.97 Å². The zero-order chi connectivity index (χ0) is 19.0. The zero-order valence-corrected chi connectivity index (χ0v) is 14.8. The number of nitrogens with zero attached hydrogens (tertiary/aromatic N) is 3. The molecule has 27 heavy (non-hydrogen) atoms. The Bertz CT molecular complexity index is 994. The number of piperidine rings is 1. The minimum Gasteiger partial charge on any atom is -0.463 e. The third kappa shape index (κ3) is 3.28. The number of furan rings is 1. The fourth-order valence-corrected chi connectivity index (χ4v) is 3.39. The summed E-state index contributed by atoms with van der Waals surface area (Å²) in [4.78, 5) is 33.1. The summed E-state index contributed by atoms with van der Waals surface area (Å²) in [6, 6.07) is 5.49. The monoisotopic (exact) mass is 368 g/mol. The molecule has 0 radical (unpaired) electrons. The number of carbonyl (C=O) groups excluding carboxylic acids is 2. The molecule has 4 heterocycles. The van der Waals surface area contributed by atoms with E-state index in [1.165, 1.54) is 17.0 Å². The maximum Gasteiger partial charge on any atom is 0.271 e. The molecule has 4 rings (SSSR count). The summed E-state index contributed by atoms with van der Waals surface area (Å²) in [5.74, 6) is -0.485. The molecule has 140 valence electrons. The lowest BCUT2D eigenvalue weighted by atomic mass is 10.0. The number of aromatic nitrogens is 3. The Morgan fingerprint density at radius 3 is 3.00 bits per heavy atom. The molecule has 2 unspecified atom stereocenters. The van der Waals surface area contributed by atoms with Gasteiger partial charge in [-0.3, -0.25) is 14.0 Å². The van der Waals surface area contributed by atoms with Crippen LogP contribution < -0.4 is 16.4 Å². The number of nitrogens with one attached hydrogen (secondary N) is 2. The van der Waals surface area contributed by atoms with Crippen molar-refractivity contribution in [2.24, 2.45) is 5.73 Å². The Balaban J connectivity index is 1.76. The highest BCUT2D eigenvalue weighted by molar-refractivity contribution is 5.99. The molecule has 1 fully saturated rings. The highest BCUT2D eigenvalue weighted by Gasteiger charge is 2.24. The number of fused-ring (bicyclic) bond motifs is 1.